The molecule has 3 aromatic rings. The molecule has 0 N–H and O–H groups in total. The van der Waals surface area contributed by atoms with Crippen molar-refractivity contribution in [3.8, 4) is 5.88 Å². The van der Waals surface area contributed by atoms with Crippen LogP contribution in [0.25, 0.3) is 20.3 Å². The van der Waals surface area contributed by atoms with Crippen molar-refractivity contribution < 1.29 is 9.47 Å². The number of benzene rings is 1. The zero-order valence-corrected chi connectivity index (χ0v) is 16.3. The van der Waals surface area contributed by atoms with Gasteiger partial charge in [0.15, 0.2) is 0 Å². The fourth-order valence-corrected chi connectivity index (χ4v) is 5.47. The van der Waals surface area contributed by atoms with Crippen molar-refractivity contribution in [2.24, 2.45) is 0 Å². The maximum atomic E-state index is 6.41. The molecular weight excluding hydrogens is 358 g/mol. The number of ether oxygens (including phenoxy) is 2. The number of hydrogen-bond donors (Lipinski definition) is 0. The minimum absolute atomic E-state index is 0.251. The van der Waals surface area contributed by atoms with Crippen LogP contribution in [-0.4, -0.2) is 53.3 Å². The molecule has 2 aromatic heterocycles. The van der Waals surface area contributed by atoms with Crippen LogP contribution in [0.1, 0.15) is 32.1 Å². The quantitative estimate of drug-likeness (QED) is 0.676. The first-order valence-corrected chi connectivity index (χ1v) is 10.8. The van der Waals surface area contributed by atoms with Gasteiger partial charge in [-0.2, -0.15) is 0 Å². The normalized spacial score (nSPS) is 24.9. The van der Waals surface area contributed by atoms with Gasteiger partial charge in [0.25, 0.3) is 0 Å². The van der Waals surface area contributed by atoms with Gasteiger partial charge in [0.05, 0.1) is 12.0 Å². The Morgan fingerprint density at radius 3 is 2.85 bits per heavy atom. The van der Waals surface area contributed by atoms with Gasteiger partial charge in [0, 0.05) is 35.8 Å². The second kappa shape index (κ2) is 7.70. The molecule has 6 heteroatoms. The molecular formula is C21H25N3O2S. The highest BCUT2D eigenvalue weighted by molar-refractivity contribution is 7.25. The Kier molecular flexibility index (Phi) is 4.95. The van der Waals surface area contributed by atoms with E-state index in [1.165, 1.54) is 29.5 Å². The number of rotatable bonds is 3. The van der Waals surface area contributed by atoms with Crippen LogP contribution in [0, 0.1) is 0 Å². The summed E-state index contributed by atoms with van der Waals surface area (Å²) >= 11 is 1.71. The Bertz CT molecular complexity index is 912. The molecule has 0 radical (unpaired) electrons. The Morgan fingerprint density at radius 1 is 1.04 bits per heavy atom. The molecule has 5 nitrogen and oxygen atoms in total. The van der Waals surface area contributed by atoms with E-state index in [-0.39, 0.29) is 6.10 Å². The summed E-state index contributed by atoms with van der Waals surface area (Å²) in [5, 5.41) is 2.27. The van der Waals surface area contributed by atoms with Crippen molar-refractivity contribution in [2.45, 2.75) is 44.2 Å². The summed E-state index contributed by atoms with van der Waals surface area (Å²) in [4.78, 5) is 12.6. The summed E-state index contributed by atoms with van der Waals surface area (Å²) < 4.78 is 13.3. The molecule has 1 aliphatic carbocycles. The molecule has 1 aromatic carbocycles. The maximum Gasteiger partial charge on any atom is 0.226 e. The molecule has 2 fully saturated rings. The number of aromatic nitrogens is 2. The fourth-order valence-electron chi connectivity index (χ4n) is 4.43. The Labute approximate surface area is 163 Å². The molecule has 0 atom stereocenters. The van der Waals surface area contributed by atoms with E-state index in [0.29, 0.717) is 6.04 Å². The van der Waals surface area contributed by atoms with E-state index < -0.39 is 0 Å². The summed E-state index contributed by atoms with van der Waals surface area (Å²) in [5.74, 6) is 0.754. The van der Waals surface area contributed by atoms with Gasteiger partial charge in [0.1, 0.15) is 17.3 Å². The lowest BCUT2D eigenvalue weighted by atomic mass is 9.91. The SMILES string of the molecule is c1ccc2c(c1)sc1ncnc(O[C@H]3CC[C@H](N4CCCOCC4)CC3)c12. The predicted molar refractivity (Wildman–Crippen MR) is 109 cm³/mol. The van der Waals surface area contributed by atoms with Crippen LogP contribution in [0.4, 0.5) is 0 Å². The molecule has 5 rings (SSSR count). The summed E-state index contributed by atoms with van der Waals surface area (Å²) in [5.41, 5.74) is 0. The highest BCUT2D eigenvalue weighted by atomic mass is 32.1. The zero-order valence-electron chi connectivity index (χ0n) is 15.5. The van der Waals surface area contributed by atoms with E-state index in [1.54, 1.807) is 17.7 Å². The van der Waals surface area contributed by atoms with E-state index in [2.05, 4.69) is 39.1 Å². The molecule has 27 heavy (non-hydrogen) atoms. The first kappa shape index (κ1) is 17.3. The van der Waals surface area contributed by atoms with Crippen molar-refractivity contribution >= 4 is 31.6 Å². The van der Waals surface area contributed by atoms with Gasteiger partial charge in [-0.05, 0) is 38.2 Å². The Morgan fingerprint density at radius 2 is 1.93 bits per heavy atom. The molecule has 142 valence electrons. The number of thiophene rings is 1. The van der Waals surface area contributed by atoms with Gasteiger partial charge in [-0.1, -0.05) is 18.2 Å². The molecule has 0 amide bonds. The van der Waals surface area contributed by atoms with Crippen LogP contribution in [0.2, 0.25) is 0 Å². The Balaban J connectivity index is 1.30. The van der Waals surface area contributed by atoms with Gasteiger partial charge < -0.3 is 9.47 Å². The number of hydrogen-bond acceptors (Lipinski definition) is 6. The minimum atomic E-state index is 0.251. The van der Waals surface area contributed by atoms with Crippen LogP contribution in [0.3, 0.4) is 0 Å². The molecule has 1 saturated heterocycles. The van der Waals surface area contributed by atoms with Crippen molar-refractivity contribution in [3.05, 3.63) is 30.6 Å². The number of nitrogens with zero attached hydrogens (tertiary/aromatic N) is 3. The van der Waals surface area contributed by atoms with Gasteiger partial charge in [0.2, 0.25) is 5.88 Å². The summed E-state index contributed by atoms with van der Waals surface area (Å²) in [6.45, 7) is 4.03. The molecule has 3 heterocycles. The second-order valence-corrected chi connectivity index (χ2v) is 8.54. The second-order valence-electron chi connectivity index (χ2n) is 7.51. The maximum absolute atomic E-state index is 6.41. The largest absolute Gasteiger partial charge is 0.474 e. The van der Waals surface area contributed by atoms with Crippen LogP contribution in [0.5, 0.6) is 5.88 Å². The van der Waals surface area contributed by atoms with Crippen molar-refractivity contribution in [1.29, 1.82) is 0 Å². The standard InChI is InChI=1S/C21H25N3O2S/c1-2-5-18-17(4-1)19-20(22-14-23-21(19)27-18)26-16-8-6-15(7-9-16)24-10-3-12-25-13-11-24/h1-2,4-5,14-16H,3,6-13H2/t15-,16-. The summed E-state index contributed by atoms with van der Waals surface area (Å²) in [6.07, 6.45) is 7.62. The zero-order chi connectivity index (χ0) is 18.1. The van der Waals surface area contributed by atoms with Gasteiger partial charge in [-0.15, -0.1) is 11.3 Å². The molecule has 0 spiro atoms. The molecule has 2 aliphatic rings. The van der Waals surface area contributed by atoms with Crippen LogP contribution in [-0.2, 0) is 4.74 Å². The van der Waals surface area contributed by atoms with E-state index >= 15 is 0 Å². The fraction of sp³-hybridized carbons (Fsp3) is 0.524. The van der Waals surface area contributed by atoms with Crippen LogP contribution in [0.15, 0.2) is 30.6 Å². The minimum Gasteiger partial charge on any atom is -0.474 e. The lowest BCUT2D eigenvalue weighted by molar-refractivity contribution is 0.0809. The molecule has 0 unspecified atom stereocenters. The van der Waals surface area contributed by atoms with Crippen LogP contribution >= 0.6 is 11.3 Å². The van der Waals surface area contributed by atoms with Gasteiger partial charge >= 0.3 is 0 Å². The van der Waals surface area contributed by atoms with Crippen molar-refractivity contribution in [2.75, 3.05) is 26.3 Å². The number of fused-ring (bicyclic) bond motifs is 3. The average molecular weight is 384 g/mol. The third kappa shape index (κ3) is 3.53. The third-order valence-corrected chi connectivity index (χ3v) is 6.91. The van der Waals surface area contributed by atoms with Gasteiger partial charge in [-0.3, -0.25) is 4.90 Å². The highest BCUT2D eigenvalue weighted by Gasteiger charge is 2.28. The van der Waals surface area contributed by atoms with Crippen molar-refractivity contribution in [1.82, 2.24) is 14.9 Å². The average Bonchev–Trinajstić information content (AvgIpc) is 2.88. The summed E-state index contributed by atoms with van der Waals surface area (Å²) in [6, 6.07) is 9.10. The van der Waals surface area contributed by atoms with Gasteiger partial charge in [-0.25, -0.2) is 9.97 Å². The summed E-state index contributed by atoms with van der Waals surface area (Å²) in [7, 11) is 0. The smallest absolute Gasteiger partial charge is 0.226 e. The van der Waals surface area contributed by atoms with E-state index in [1.807, 2.05) is 0 Å². The van der Waals surface area contributed by atoms with E-state index in [4.69, 9.17) is 9.47 Å². The van der Waals surface area contributed by atoms with E-state index in [0.717, 1.165) is 55.1 Å². The topological polar surface area (TPSA) is 47.5 Å². The van der Waals surface area contributed by atoms with Crippen molar-refractivity contribution in [3.63, 3.8) is 0 Å². The van der Waals surface area contributed by atoms with E-state index in [9.17, 15) is 0 Å². The molecule has 1 saturated carbocycles. The first-order chi connectivity index (χ1) is 13.4. The monoisotopic (exact) mass is 383 g/mol. The lowest BCUT2D eigenvalue weighted by Crippen LogP contribution is -2.41. The first-order valence-electron chi connectivity index (χ1n) is 9.99. The predicted octanol–water partition coefficient (Wildman–Crippen LogP) is 4.26. The Hall–Kier alpha value is -1.76. The lowest BCUT2D eigenvalue weighted by Gasteiger charge is -2.36. The highest BCUT2D eigenvalue weighted by Crippen LogP contribution is 2.38. The third-order valence-electron chi connectivity index (χ3n) is 5.84. The van der Waals surface area contributed by atoms with Crippen LogP contribution < -0.4 is 4.74 Å². The molecule has 0 bridgehead atoms. The molecule has 1 aliphatic heterocycles.